The van der Waals surface area contributed by atoms with Gasteiger partial charge in [-0.15, -0.1) is 0 Å². The summed E-state index contributed by atoms with van der Waals surface area (Å²) < 4.78 is 42.3. The van der Waals surface area contributed by atoms with Crippen molar-refractivity contribution in [2.75, 3.05) is 0 Å². The molecule has 27 heavy (non-hydrogen) atoms. The lowest BCUT2D eigenvalue weighted by Gasteiger charge is -2.19. The number of benzene rings is 3. The zero-order valence-corrected chi connectivity index (χ0v) is 14.0. The maximum absolute atomic E-state index is 14.1. The highest BCUT2D eigenvalue weighted by atomic mass is 19.4. The smallest absolute Gasteiger partial charge is 0.258 e. The topological polar surface area (TPSA) is 43.1 Å². The van der Waals surface area contributed by atoms with Crippen LogP contribution in [0.3, 0.4) is 0 Å². The van der Waals surface area contributed by atoms with Gasteiger partial charge in [-0.1, -0.05) is 60.7 Å². The van der Waals surface area contributed by atoms with Crippen molar-refractivity contribution in [2.45, 2.75) is 6.18 Å². The van der Waals surface area contributed by atoms with Gasteiger partial charge in [0.1, 0.15) is 0 Å². The highest BCUT2D eigenvalue weighted by Gasteiger charge is 2.38. The Morgan fingerprint density at radius 1 is 0.704 bits per heavy atom. The summed E-state index contributed by atoms with van der Waals surface area (Å²) in [5.41, 5.74) is -0.381. The quantitative estimate of drug-likeness (QED) is 0.316. The van der Waals surface area contributed by atoms with Crippen molar-refractivity contribution in [1.29, 1.82) is 0 Å². The molecule has 3 rings (SSSR count). The summed E-state index contributed by atoms with van der Waals surface area (Å²) in [7, 11) is 0. The van der Waals surface area contributed by atoms with Crippen molar-refractivity contribution >= 4 is 16.8 Å². The van der Waals surface area contributed by atoms with E-state index in [0.717, 1.165) is 24.3 Å². The van der Waals surface area contributed by atoms with E-state index in [-0.39, 0.29) is 16.8 Å². The number of allylic oxidation sites excluding steroid dienone is 1. The minimum Gasteiger partial charge on any atom is -0.258 e. The van der Waals surface area contributed by atoms with Crippen LogP contribution in [-0.2, 0) is 0 Å². The minimum atomic E-state index is -4.66. The molecule has 0 atom stereocenters. The number of halogens is 3. The van der Waals surface area contributed by atoms with E-state index in [4.69, 9.17) is 0 Å². The molecule has 0 aliphatic heterocycles. The van der Waals surface area contributed by atoms with Gasteiger partial charge in [0.05, 0.1) is 10.5 Å². The van der Waals surface area contributed by atoms with Crippen LogP contribution in [-0.4, -0.2) is 11.1 Å². The number of rotatable bonds is 4. The van der Waals surface area contributed by atoms with Gasteiger partial charge >= 0.3 is 6.18 Å². The van der Waals surface area contributed by atoms with Crippen LogP contribution in [0, 0.1) is 10.1 Å². The Hall–Kier alpha value is -3.41. The van der Waals surface area contributed by atoms with Gasteiger partial charge in [0, 0.05) is 17.7 Å². The average Bonchev–Trinajstić information content (AvgIpc) is 2.66. The molecule has 0 radical (unpaired) electrons. The molecule has 0 heterocycles. The minimum absolute atomic E-state index is 0.0255. The molecule has 3 aromatic carbocycles. The maximum Gasteiger partial charge on any atom is 0.417 e. The maximum atomic E-state index is 14.1. The molecule has 0 aromatic heterocycles. The number of nitro groups is 1. The molecule has 0 unspecified atom stereocenters. The number of nitrogens with zero attached hydrogens (tertiary/aromatic N) is 1. The molecule has 6 heteroatoms. The van der Waals surface area contributed by atoms with Crippen LogP contribution in [0.1, 0.15) is 16.7 Å². The van der Waals surface area contributed by atoms with Gasteiger partial charge in [0.2, 0.25) is 0 Å². The van der Waals surface area contributed by atoms with Gasteiger partial charge in [0.25, 0.3) is 5.69 Å². The predicted octanol–water partition coefficient (Wildman–Crippen LogP) is 6.12. The summed E-state index contributed by atoms with van der Waals surface area (Å²) in [6.45, 7) is 0. The average molecular weight is 369 g/mol. The van der Waals surface area contributed by atoms with E-state index < -0.39 is 16.7 Å². The fourth-order valence-electron chi connectivity index (χ4n) is 2.86. The Kier molecular flexibility index (Phi) is 5.07. The molecule has 0 saturated heterocycles. The summed E-state index contributed by atoms with van der Waals surface area (Å²) >= 11 is 0. The first-order chi connectivity index (χ1) is 12.9. The van der Waals surface area contributed by atoms with E-state index in [1.54, 1.807) is 60.7 Å². The second-order valence-electron chi connectivity index (χ2n) is 5.78. The summed E-state index contributed by atoms with van der Waals surface area (Å²) in [5.74, 6) is 0. The lowest BCUT2D eigenvalue weighted by atomic mass is 9.89. The van der Waals surface area contributed by atoms with Crippen LogP contribution < -0.4 is 0 Å². The van der Waals surface area contributed by atoms with Crippen molar-refractivity contribution in [2.24, 2.45) is 0 Å². The first kappa shape index (κ1) is 18.4. The third kappa shape index (κ3) is 4.06. The predicted molar refractivity (Wildman–Crippen MR) is 98.0 cm³/mol. The molecule has 0 spiro atoms. The zero-order chi connectivity index (χ0) is 19.4. The zero-order valence-electron chi connectivity index (χ0n) is 14.0. The van der Waals surface area contributed by atoms with Crippen molar-refractivity contribution in [1.82, 2.24) is 0 Å². The Labute approximate surface area is 153 Å². The van der Waals surface area contributed by atoms with E-state index in [1.165, 1.54) is 0 Å². The van der Waals surface area contributed by atoms with E-state index in [2.05, 4.69) is 0 Å². The molecular weight excluding hydrogens is 355 g/mol. The molecule has 0 bridgehead atoms. The standard InChI is InChI=1S/C21H14F3NO2/c22-21(23,24)20(17-11-13-18(14-12-17)25(26)27)19(15-7-3-1-4-8-15)16-9-5-2-6-10-16/h1-14H. The van der Waals surface area contributed by atoms with Gasteiger partial charge in [-0.2, -0.15) is 13.2 Å². The molecule has 0 fully saturated rings. The van der Waals surface area contributed by atoms with Gasteiger partial charge in [-0.25, -0.2) is 0 Å². The first-order valence-corrected chi connectivity index (χ1v) is 8.05. The van der Waals surface area contributed by atoms with Gasteiger partial charge in [-0.05, 0) is 28.8 Å². The fourth-order valence-corrected chi connectivity index (χ4v) is 2.86. The Morgan fingerprint density at radius 3 is 1.52 bits per heavy atom. The largest absolute Gasteiger partial charge is 0.417 e. The van der Waals surface area contributed by atoms with Crippen molar-refractivity contribution in [3.05, 3.63) is 112 Å². The molecule has 136 valence electrons. The summed E-state index contributed by atoms with van der Waals surface area (Å²) in [5, 5.41) is 10.8. The first-order valence-electron chi connectivity index (χ1n) is 8.05. The molecule has 3 aromatic rings. The number of hydrogen-bond donors (Lipinski definition) is 0. The highest BCUT2D eigenvalue weighted by molar-refractivity contribution is 6.00. The van der Waals surface area contributed by atoms with Crippen molar-refractivity contribution in [3.8, 4) is 0 Å². The van der Waals surface area contributed by atoms with Crippen LogP contribution in [0.2, 0.25) is 0 Å². The molecule has 0 amide bonds. The number of hydrogen-bond acceptors (Lipinski definition) is 2. The Bertz CT molecular complexity index is 922. The lowest BCUT2D eigenvalue weighted by Crippen LogP contribution is -2.14. The van der Waals surface area contributed by atoms with E-state index in [0.29, 0.717) is 11.1 Å². The Morgan fingerprint density at radius 2 is 1.15 bits per heavy atom. The lowest BCUT2D eigenvalue weighted by molar-refractivity contribution is -0.384. The SMILES string of the molecule is O=[N+]([O-])c1ccc(C(=C(c2ccccc2)c2ccccc2)C(F)(F)F)cc1. The van der Waals surface area contributed by atoms with Crippen LogP contribution in [0.15, 0.2) is 84.9 Å². The van der Waals surface area contributed by atoms with E-state index >= 15 is 0 Å². The fraction of sp³-hybridized carbons (Fsp3) is 0.0476. The van der Waals surface area contributed by atoms with Crippen LogP contribution >= 0.6 is 0 Å². The molecule has 0 N–H and O–H groups in total. The number of alkyl halides is 3. The van der Waals surface area contributed by atoms with Gasteiger partial charge < -0.3 is 0 Å². The van der Waals surface area contributed by atoms with E-state index in [1.807, 2.05) is 0 Å². The summed E-state index contributed by atoms with van der Waals surface area (Å²) in [6.07, 6.45) is -4.66. The second kappa shape index (κ2) is 7.45. The monoisotopic (exact) mass is 369 g/mol. The van der Waals surface area contributed by atoms with Crippen LogP contribution in [0.4, 0.5) is 18.9 Å². The van der Waals surface area contributed by atoms with Crippen LogP contribution in [0.5, 0.6) is 0 Å². The van der Waals surface area contributed by atoms with Crippen LogP contribution in [0.25, 0.3) is 11.1 Å². The Balaban J connectivity index is 2.33. The summed E-state index contributed by atoms with van der Waals surface area (Å²) in [4.78, 5) is 10.2. The van der Waals surface area contributed by atoms with Crippen molar-refractivity contribution < 1.29 is 18.1 Å². The third-order valence-electron chi connectivity index (χ3n) is 4.03. The molecule has 0 aliphatic rings. The second-order valence-corrected chi connectivity index (χ2v) is 5.78. The molecule has 3 nitrogen and oxygen atoms in total. The molecule has 0 aliphatic carbocycles. The van der Waals surface area contributed by atoms with E-state index in [9.17, 15) is 23.3 Å². The molecular formula is C21H14F3NO2. The normalized spacial score (nSPS) is 11.1. The van der Waals surface area contributed by atoms with Gasteiger partial charge in [0.15, 0.2) is 0 Å². The van der Waals surface area contributed by atoms with Gasteiger partial charge in [-0.3, -0.25) is 10.1 Å². The molecule has 0 saturated carbocycles. The summed E-state index contributed by atoms with van der Waals surface area (Å²) in [6, 6.07) is 21.0. The highest BCUT2D eigenvalue weighted by Crippen LogP contribution is 2.42. The van der Waals surface area contributed by atoms with Crippen molar-refractivity contribution in [3.63, 3.8) is 0 Å². The number of non-ortho nitro benzene ring substituents is 1. The number of nitro benzene ring substituents is 1. The third-order valence-corrected chi connectivity index (χ3v) is 4.03.